The zero-order chi connectivity index (χ0) is 13.0. The third-order valence-electron chi connectivity index (χ3n) is 3.01. The van der Waals surface area contributed by atoms with E-state index in [4.69, 9.17) is 16.7 Å². The number of aliphatic hydroxyl groups is 1. The minimum atomic E-state index is -0.256. The molecule has 1 N–H and O–H groups in total. The normalized spacial score (nSPS) is 12.6. The summed E-state index contributed by atoms with van der Waals surface area (Å²) in [5.41, 5.74) is 1.21. The van der Waals surface area contributed by atoms with Crippen molar-refractivity contribution < 1.29 is 9.50 Å². The molecule has 96 valence electrons. The lowest BCUT2D eigenvalue weighted by molar-refractivity contribution is 0.225. The second-order valence-corrected chi connectivity index (χ2v) is 4.80. The van der Waals surface area contributed by atoms with E-state index in [1.165, 1.54) is 6.07 Å². The molecule has 1 aromatic carbocycles. The van der Waals surface area contributed by atoms with Crippen molar-refractivity contribution in [3.8, 4) is 0 Å². The highest BCUT2D eigenvalue weighted by molar-refractivity contribution is 6.33. The number of halogens is 2. The molecule has 0 saturated carbocycles. The number of anilines is 1. The monoisotopic (exact) mass is 259 g/mol. The van der Waals surface area contributed by atoms with Crippen molar-refractivity contribution in [1.29, 1.82) is 0 Å². The molecule has 0 bridgehead atoms. The Morgan fingerprint density at radius 3 is 2.65 bits per heavy atom. The first kappa shape index (κ1) is 14.3. The molecule has 0 aliphatic carbocycles. The highest BCUT2D eigenvalue weighted by Gasteiger charge is 2.13. The number of aryl methyl sites for hydroxylation is 1. The van der Waals surface area contributed by atoms with Crippen LogP contribution in [0.1, 0.15) is 18.9 Å². The number of nitrogens with zero attached hydrogens (tertiary/aromatic N) is 1. The van der Waals surface area contributed by atoms with Crippen molar-refractivity contribution in [2.75, 3.05) is 25.1 Å². The van der Waals surface area contributed by atoms with Gasteiger partial charge in [-0.25, -0.2) is 4.39 Å². The number of hydrogen-bond acceptors (Lipinski definition) is 2. The minimum absolute atomic E-state index is 0.132. The van der Waals surface area contributed by atoms with Crippen LogP contribution in [0.4, 0.5) is 10.1 Å². The number of hydrogen-bond donors (Lipinski definition) is 1. The first-order valence-corrected chi connectivity index (χ1v) is 6.15. The van der Waals surface area contributed by atoms with E-state index in [2.05, 4.69) is 0 Å². The fraction of sp³-hybridized carbons (Fsp3) is 0.538. The first-order valence-electron chi connectivity index (χ1n) is 5.77. The van der Waals surface area contributed by atoms with Crippen LogP contribution in [0.25, 0.3) is 0 Å². The minimum Gasteiger partial charge on any atom is -0.396 e. The maximum absolute atomic E-state index is 13.5. The lowest BCUT2D eigenvalue weighted by Crippen LogP contribution is -2.27. The van der Waals surface area contributed by atoms with E-state index in [1.807, 2.05) is 18.9 Å². The Bertz CT molecular complexity index is 380. The topological polar surface area (TPSA) is 23.5 Å². The summed E-state index contributed by atoms with van der Waals surface area (Å²) in [6.07, 6.45) is 0.882. The summed E-state index contributed by atoms with van der Waals surface area (Å²) in [4.78, 5) is 1.88. The summed E-state index contributed by atoms with van der Waals surface area (Å²) in [5.74, 6) is -0.0753. The summed E-state index contributed by atoms with van der Waals surface area (Å²) in [6, 6.07) is 3.07. The van der Waals surface area contributed by atoms with E-state index in [1.54, 1.807) is 13.0 Å². The largest absolute Gasteiger partial charge is 0.396 e. The van der Waals surface area contributed by atoms with Crippen LogP contribution < -0.4 is 4.90 Å². The quantitative estimate of drug-likeness (QED) is 0.878. The van der Waals surface area contributed by atoms with Gasteiger partial charge < -0.3 is 10.0 Å². The molecule has 0 amide bonds. The molecule has 0 aromatic heterocycles. The molecular formula is C13H19ClFNO. The number of rotatable bonds is 5. The molecule has 0 heterocycles. The van der Waals surface area contributed by atoms with Gasteiger partial charge in [0.05, 0.1) is 10.7 Å². The molecule has 2 nitrogen and oxygen atoms in total. The fourth-order valence-corrected chi connectivity index (χ4v) is 2.09. The van der Waals surface area contributed by atoms with Gasteiger partial charge in [-0.1, -0.05) is 18.5 Å². The Morgan fingerprint density at radius 2 is 2.12 bits per heavy atom. The van der Waals surface area contributed by atoms with Gasteiger partial charge in [-0.3, -0.25) is 0 Å². The highest BCUT2D eigenvalue weighted by Crippen LogP contribution is 2.28. The van der Waals surface area contributed by atoms with E-state index < -0.39 is 0 Å². The summed E-state index contributed by atoms with van der Waals surface area (Å²) in [5, 5.41) is 9.70. The van der Waals surface area contributed by atoms with E-state index in [0.717, 1.165) is 6.42 Å². The van der Waals surface area contributed by atoms with Crippen molar-refractivity contribution >= 4 is 17.3 Å². The highest BCUT2D eigenvalue weighted by atomic mass is 35.5. The van der Waals surface area contributed by atoms with Crippen molar-refractivity contribution in [2.45, 2.75) is 20.3 Å². The summed E-state index contributed by atoms with van der Waals surface area (Å²) in [7, 11) is 1.86. The van der Waals surface area contributed by atoms with Crippen LogP contribution in [0.3, 0.4) is 0 Å². The molecule has 0 aliphatic heterocycles. The van der Waals surface area contributed by atoms with Crippen molar-refractivity contribution in [3.05, 3.63) is 28.5 Å². The zero-order valence-electron chi connectivity index (χ0n) is 10.5. The van der Waals surface area contributed by atoms with Crippen molar-refractivity contribution in [3.63, 3.8) is 0 Å². The predicted molar refractivity (Wildman–Crippen MR) is 70.3 cm³/mol. The standard InChI is InChI=1S/C13H19ClFNO/c1-4-10(8-17)7-16(3)13-6-12(15)9(2)5-11(13)14/h5-6,10,17H,4,7-8H2,1-3H3. The smallest absolute Gasteiger partial charge is 0.128 e. The van der Waals surface area contributed by atoms with Gasteiger partial charge in [0, 0.05) is 20.2 Å². The predicted octanol–water partition coefficient (Wildman–Crippen LogP) is 3.24. The first-order chi connectivity index (χ1) is 7.99. The fourth-order valence-electron chi connectivity index (χ4n) is 1.73. The van der Waals surface area contributed by atoms with Gasteiger partial charge in [0.25, 0.3) is 0 Å². The lowest BCUT2D eigenvalue weighted by Gasteiger charge is -2.25. The van der Waals surface area contributed by atoms with E-state index >= 15 is 0 Å². The van der Waals surface area contributed by atoms with Gasteiger partial charge in [0.15, 0.2) is 0 Å². The summed E-state index contributed by atoms with van der Waals surface area (Å²) in [6.45, 7) is 4.50. The van der Waals surface area contributed by atoms with Crippen molar-refractivity contribution in [2.24, 2.45) is 5.92 Å². The molecule has 0 saturated heterocycles. The van der Waals surface area contributed by atoms with E-state index in [0.29, 0.717) is 22.8 Å². The van der Waals surface area contributed by atoms with Gasteiger partial charge in [-0.2, -0.15) is 0 Å². The van der Waals surface area contributed by atoms with Crippen LogP contribution in [0.2, 0.25) is 5.02 Å². The third-order valence-corrected chi connectivity index (χ3v) is 3.31. The van der Waals surface area contributed by atoms with Crippen LogP contribution >= 0.6 is 11.6 Å². The molecule has 0 radical (unpaired) electrons. The van der Waals surface area contributed by atoms with Crippen LogP contribution in [0.5, 0.6) is 0 Å². The van der Waals surface area contributed by atoms with Gasteiger partial charge in [0.2, 0.25) is 0 Å². The Labute approximate surface area is 107 Å². The number of aliphatic hydroxyl groups excluding tert-OH is 1. The van der Waals surface area contributed by atoms with Crippen molar-refractivity contribution in [1.82, 2.24) is 0 Å². The molecule has 1 atom stereocenters. The molecular weight excluding hydrogens is 241 g/mol. The van der Waals surface area contributed by atoms with Crippen LogP contribution in [-0.4, -0.2) is 25.3 Å². The third kappa shape index (κ3) is 3.58. The van der Waals surface area contributed by atoms with Gasteiger partial charge in [-0.05, 0) is 37.0 Å². The van der Waals surface area contributed by atoms with E-state index in [9.17, 15) is 4.39 Å². The molecule has 1 aromatic rings. The lowest BCUT2D eigenvalue weighted by atomic mass is 10.1. The van der Waals surface area contributed by atoms with Gasteiger partial charge >= 0.3 is 0 Å². The van der Waals surface area contributed by atoms with Crippen LogP contribution in [0.15, 0.2) is 12.1 Å². The Kier molecular flexibility index (Phi) is 5.22. The maximum atomic E-state index is 13.5. The summed E-state index contributed by atoms with van der Waals surface area (Å²) < 4.78 is 13.5. The Morgan fingerprint density at radius 1 is 1.47 bits per heavy atom. The second-order valence-electron chi connectivity index (χ2n) is 4.39. The SMILES string of the molecule is CCC(CO)CN(C)c1cc(F)c(C)cc1Cl. The Balaban J connectivity index is 2.88. The van der Waals surface area contributed by atoms with Gasteiger partial charge in [0.1, 0.15) is 5.82 Å². The van der Waals surface area contributed by atoms with Crippen LogP contribution in [0, 0.1) is 18.7 Å². The van der Waals surface area contributed by atoms with Crippen LogP contribution in [-0.2, 0) is 0 Å². The molecule has 1 rings (SSSR count). The summed E-state index contributed by atoms with van der Waals surface area (Å²) >= 11 is 6.10. The second kappa shape index (κ2) is 6.22. The molecule has 0 aliphatic rings. The molecule has 4 heteroatoms. The maximum Gasteiger partial charge on any atom is 0.128 e. The molecule has 17 heavy (non-hydrogen) atoms. The molecule has 0 spiro atoms. The zero-order valence-corrected chi connectivity index (χ0v) is 11.3. The Hall–Kier alpha value is -0.800. The average molecular weight is 260 g/mol. The number of benzene rings is 1. The molecule has 1 unspecified atom stereocenters. The van der Waals surface area contributed by atoms with E-state index in [-0.39, 0.29) is 18.3 Å². The average Bonchev–Trinajstić information content (AvgIpc) is 2.30. The van der Waals surface area contributed by atoms with Gasteiger partial charge in [-0.15, -0.1) is 0 Å². The molecule has 0 fully saturated rings.